The van der Waals surface area contributed by atoms with Gasteiger partial charge in [-0.3, -0.25) is 9.59 Å². The van der Waals surface area contributed by atoms with E-state index in [2.05, 4.69) is 25.2 Å². The topological polar surface area (TPSA) is 81.4 Å². The van der Waals surface area contributed by atoms with Gasteiger partial charge in [0, 0.05) is 4.88 Å². The van der Waals surface area contributed by atoms with Gasteiger partial charge in [0.05, 0.1) is 5.56 Å². The molecule has 1 aromatic carbocycles. The number of nitrogens with one attached hydrogen (secondary N) is 1. The second-order valence-electron chi connectivity index (χ2n) is 6.37. The van der Waals surface area contributed by atoms with Gasteiger partial charge in [0.1, 0.15) is 10.8 Å². The molecular formula is C19H24N2O3S. The predicted octanol–water partition coefficient (Wildman–Crippen LogP) is 3.91. The molecule has 0 fully saturated rings. The lowest BCUT2D eigenvalue weighted by Gasteiger charge is -2.13. The number of carbonyl (C=O) groups is 2. The molecule has 0 radical (unpaired) electrons. The molecule has 1 heterocycles. The molecule has 0 atom stereocenters. The van der Waals surface area contributed by atoms with Gasteiger partial charge in [-0.1, -0.05) is 26.0 Å². The second-order valence-corrected chi connectivity index (χ2v) is 7.59. The summed E-state index contributed by atoms with van der Waals surface area (Å²) in [6.45, 7) is 9.73. The lowest BCUT2D eigenvalue weighted by Crippen LogP contribution is -2.22. The van der Waals surface area contributed by atoms with Crippen LogP contribution in [0.4, 0.5) is 5.00 Å². The van der Waals surface area contributed by atoms with Crippen molar-refractivity contribution < 1.29 is 14.3 Å². The average Bonchev–Trinajstić information content (AvgIpc) is 2.80. The summed E-state index contributed by atoms with van der Waals surface area (Å²) in [6.07, 6.45) is 0. The molecule has 0 unspecified atom stereocenters. The first-order valence-electron chi connectivity index (χ1n) is 8.13. The van der Waals surface area contributed by atoms with Crippen molar-refractivity contribution in [3.63, 3.8) is 0 Å². The Kier molecular flexibility index (Phi) is 5.85. The Morgan fingerprint density at radius 1 is 1.24 bits per heavy atom. The standard InChI is InChI=1S/C19H24N2O3S/c1-10(2)14-7-6-11(3)15(8-14)24-9-16(22)21-19-17(18(20)23)12(4)13(5)25-19/h6-8,10H,9H2,1-5H3,(H2,20,23)(H,21,22). The van der Waals surface area contributed by atoms with Gasteiger partial charge in [-0.15, -0.1) is 11.3 Å². The summed E-state index contributed by atoms with van der Waals surface area (Å²) < 4.78 is 5.68. The monoisotopic (exact) mass is 360 g/mol. The largest absolute Gasteiger partial charge is 0.483 e. The molecule has 0 aliphatic carbocycles. The molecule has 6 heteroatoms. The number of amides is 2. The molecule has 1 aromatic heterocycles. The molecule has 0 aliphatic heterocycles. The van der Waals surface area contributed by atoms with E-state index in [1.807, 2.05) is 32.9 Å². The summed E-state index contributed by atoms with van der Waals surface area (Å²) in [5, 5.41) is 3.21. The highest BCUT2D eigenvalue weighted by Crippen LogP contribution is 2.32. The Balaban J connectivity index is 2.09. The Morgan fingerprint density at radius 3 is 2.52 bits per heavy atom. The Bertz CT molecular complexity index is 809. The van der Waals surface area contributed by atoms with E-state index in [1.54, 1.807) is 0 Å². The zero-order chi connectivity index (χ0) is 18.7. The van der Waals surface area contributed by atoms with E-state index in [-0.39, 0.29) is 12.5 Å². The highest BCUT2D eigenvalue weighted by Gasteiger charge is 2.19. The molecule has 2 aromatic rings. The van der Waals surface area contributed by atoms with Crippen molar-refractivity contribution in [2.75, 3.05) is 11.9 Å². The fraction of sp³-hybridized carbons (Fsp3) is 0.368. The minimum Gasteiger partial charge on any atom is -0.483 e. The third-order valence-electron chi connectivity index (χ3n) is 4.12. The van der Waals surface area contributed by atoms with Gasteiger partial charge in [0.2, 0.25) is 0 Å². The van der Waals surface area contributed by atoms with E-state index in [9.17, 15) is 9.59 Å². The summed E-state index contributed by atoms with van der Waals surface area (Å²) in [5.74, 6) is 0.207. The number of aryl methyl sites for hydroxylation is 2. The van der Waals surface area contributed by atoms with Crippen molar-refractivity contribution in [1.82, 2.24) is 0 Å². The molecule has 25 heavy (non-hydrogen) atoms. The van der Waals surface area contributed by atoms with Crippen LogP contribution in [0.2, 0.25) is 0 Å². The van der Waals surface area contributed by atoms with Gasteiger partial charge < -0.3 is 15.8 Å². The highest BCUT2D eigenvalue weighted by molar-refractivity contribution is 7.16. The van der Waals surface area contributed by atoms with Gasteiger partial charge in [0.15, 0.2) is 6.61 Å². The van der Waals surface area contributed by atoms with Gasteiger partial charge >= 0.3 is 0 Å². The van der Waals surface area contributed by atoms with Gasteiger partial charge in [0.25, 0.3) is 11.8 Å². The fourth-order valence-electron chi connectivity index (χ4n) is 2.45. The normalized spacial score (nSPS) is 10.8. The summed E-state index contributed by atoms with van der Waals surface area (Å²) in [4.78, 5) is 24.8. The van der Waals surface area contributed by atoms with Crippen LogP contribution in [0.1, 0.15) is 51.7 Å². The first-order chi connectivity index (χ1) is 11.7. The van der Waals surface area contributed by atoms with Crippen LogP contribution >= 0.6 is 11.3 Å². The quantitative estimate of drug-likeness (QED) is 0.819. The number of rotatable bonds is 6. The highest BCUT2D eigenvalue weighted by atomic mass is 32.1. The first-order valence-corrected chi connectivity index (χ1v) is 8.95. The molecule has 3 N–H and O–H groups in total. The maximum atomic E-state index is 12.2. The fourth-order valence-corrected chi connectivity index (χ4v) is 3.53. The molecule has 134 valence electrons. The molecule has 0 aliphatic rings. The van der Waals surface area contributed by atoms with Crippen molar-refractivity contribution in [1.29, 1.82) is 0 Å². The third-order valence-corrected chi connectivity index (χ3v) is 5.24. The van der Waals surface area contributed by atoms with E-state index < -0.39 is 5.91 Å². The van der Waals surface area contributed by atoms with Crippen molar-refractivity contribution in [2.45, 2.75) is 40.5 Å². The zero-order valence-corrected chi connectivity index (χ0v) is 16.0. The Morgan fingerprint density at radius 2 is 1.92 bits per heavy atom. The van der Waals surface area contributed by atoms with E-state index in [0.717, 1.165) is 21.6 Å². The summed E-state index contributed by atoms with van der Waals surface area (Å²) in [7, 11) is 0. The number of thiophene rings is 1. The van der Waals surface area contributed by atoms with E-state index in [1.165, 1.54) is 11.3 Å². The van der Waals surface area contributed by atoms with Crippen LogP contribution in [0.25, 0.3) is 0 Å². The Labute approximate surface area is 152 Å². The molecule has 0 spiro atoms. The van der Waals surface area contributed by atoms with Crippen LogP contribution < -0.4 is 15.8 Å². The van der Waals surface area contributed by atoms with Crippen LogP contribution in [-0.4, -0.2) is 18.4 Å². The van der Waals surface area contributed by atoms with Crippen LogP contribution in [0.5, 0.6) is 5.75 Å². The maximum Gasteiger partial charge on any atom is 0.262 e. The van der Waals surface area contributed by atoms with E-state index in [4.69, 9.17) is 10.5 Å². The minimum absolute atomic E-state index is 0.128. The molecule has 0 saturated heterocycles. The summed E-state index contributed by atoms with van der Waals surface area (Å²) in [5.41, 5.74) is 8.71. The van der Waals surface area contributed by atoms with Crippen LogP contribution in [-0.2, 0) is 4.79 Å². The average molecular weight is 360 g/mol. The van der Waals surface area contributed by atoms with Gasteiger partial charge in [-0.2, -0.15) is 0 Å². The number of hydrogen-bond donors (Lipinski definition) is 2. The zero-order valence-electron chi connectivity index (χ0n) is 15.2. The first kappa shape index (κ1) is 19.0. The number of ether oxygens (including phenoxy) is 1. The third kappa shape index (κ3) is 4.39. The van der Waals surface area contributed by atoms with Crippen LogP contribution in [0.3, 0.4) is 0 Å². The van der Waals surface area contributed by atoms with Gasteiger partial charge in [-0.25, -0.2) is 0 Å². The summed E-state index contributed by atoms with van der Waals surface area (Å²) in [6, 6.07) is 6.00. The van der Waals surface area contributed by atoms with Crippen molar-refractivity contribution >= 4 is 28.2 Å². The number of carbonyl (C=O) groups excluding carboxylic acids is 2. The Hall–Kier alpha value is -2.34. The second kappa shape index (κ2) is 7.70. The molecule has 5 nitrogen and oxygen atoms in total. The molecule has 2 amide bonds. The number of benzene rings is 1. The van der Waals surface area contributed by atoms with E-state index in [0.29, 0.717) is 22.2 Å². The molecular weight excluding hydrogens is 336 g/mol. The smallest absolute Gasteiger partial charge is 0.262 e. The van der Waals surface area contributed by atoms with Crippen molar-refractivity contribution in [3.05, 3.63) is 45.3 Å². The number of anilines is 1. The van der Waals surface area contributed by atoms with Crippen molar-refractivity contribution in [2.24, 2.45) is 5.73 Å². The lowest BCUT2D eigenvalue weighted by molar-refractivity contribution is -0.118. The summed E-state index contributed by atoms with van der Waals surface area (Å²) >= 11 is 1.34. The van der Waals surface area contributed by atoms with Crippen LogP contribution in [0.15, 0.2) is 18.2 Å². The molecule has 0 saturated carbocycles. The van der Waals surface area contributed by atoms with Gasteiger partial charge in [-0.05, 0) is 49.4 Å². The molecule has 2 rings (SSSR count). The van der Waals surface area contributed by atoms with Crippen molar-refractivity contribution in [3.8, 4) is 5.75 Å². The number of nitrogens with two attached hydrogens (primary N) is 1. The minimum atomic E-state index is -0.543. The maximum absolute atomic E-state index is 12.2. The number of hydrogen-bond acceptors (Lipinski definition) is 4. The molecule has 0 bridgehead atoms. The predicted molar refractivity (Wildman–Crippen MR) is 102 cm³/mol. The van der Waals surface area contributed by atoms with E-state index >= 15 is 0 Å². The van der Waals surface area contributed by atoms with Crippen LogP contribution in [0, 0.1) is 20.8 Å². The SMILES string of the molecule is Cc1ccc(C(C)C)cc1OCC(=O)Nc1sc(C)c(C)c1C(N)=O. The number of primary amides is 1. The lowest BCUT2D eigenvalue weighted by atomic mass is 10.0.